The highest BCUT2D eigenvalue weighted by molar-refractivity contribution is 7.89. The zero-order valence-corrected chi connectivity index (χ0v) is 22.9. The fourth-order valence-corrected chi connectivity index (χ4v) is 6.80. The first-order valence-electron chi connectivity index (χ1n) is 12.3. The fourth-order valence-electron chi connectivity index (χ4n) is 4.71. The molecule has 0 saturated carbocycles. The first kappa shape index (κ1) is 27.4. The van der Waals surface area contributed by atoms with Crippen molar-refractivity contribution < 1.29 is 21.6 Å². The fraction of sp³-hybridized carbons (Fsp3) is 0.346. The van der Waals surface area contributed by atoms with Crippen LogP contribution in [0.3, 0.4) is 0 Å². The van der Waals surface area contributed by atoms with Crippen LogP contribution in [0, 0.1) is 6.92 Å². The van der Waals surface area contributed by atoms with Gasteiger partial charge in [0.1, 0.15) is 12.1 Å². The highest BCUT2D eigenvalue weighted by Crippen LogP contribution is 2.35. The van der Waals surface area contributed by atoms with Crippen molar-refractivity contribution >= 4 is 38.1 Å². The van der Waals surface area contributed by atoms with Crippen molar-refractivity contribution in [3.05, 3.63) is 64.7 Å². The highest BCUT2D eigenvalue weighted by atomic mass is 32.2. The van der Waals surface area contributed by atoms with Crippen LogP contribution in [-0.2, 0) is 16.2 Å². The number of hydrogen-bond donors (Lipinski definition) is 1. The molecule has 0 bridgehead atoms. The number of benzene rings is 2. The maximum Gasteiger partial charge on any atom is 0.418 e. The van der Waals surface area contributed by atoms with Gasteiger partial charge in [0.15, 0.2) is 0 Å². The molecule has 0 unspecified atom stereocenters. The first-order valence-corrected chi connectivity index (χ1v) is 14.7. The molecule has 0 amide bonds. The minimum Gasteiger partial charge on any atom is -0.366 e. The standard InChI is InChI=1S/C26H27F3N6O2S2/c1-17(32-25-21-7-4-8-22(26(27,28)29)24(21)30-16-31-25)14-34-9-11-35(12-10-34)39(36,37)20-6-3-5-19(13-20)23-15-38-18(2)33-23/h3-8,13,15-17H,9-12,14H2,1-2H3,(H,30,31,32)/t17-/m0/s1. The zero-order chi connectivity index (χ0) is 27.8. The Balaban J connectivity index is 1.22. The number of anilines is 1. The third-order valence-electron chi connectivity index (χ3n) is 6.60. The predicted molar refractivity (Wildman–Crippen MR) is 145 cm³/mol. The summed E-state index contributed by atoms with van der Waals surface area (Å²) in [7, 11) is -3.67. The molecule has 4 aromatic rings. The number of rotatable bonds is 7. The average Bonchev–Trinajstić information content (AvgIpc) is 3.34. The van der Waals surface area contributed by atoms with Crippen LogP contribution in [0.25, 0.3) is 22.2 Å². The van der Waals surface area contributed by atoms with E-state index in [1.165, 1.54) is 21.7 Å². The van der Waals surface area contributed by atoms with Crippen molar-refractivity contribution in [1.82, 2.24) is 24.2 Å². The van der Waals surface area contributed by atoms with E-state index >= 15 is 0 Å². The number of nitrogens with zero attached hydrogens (tertiary/aromatic N) is 5. The molecule has 1 atom stereocenters. The summed E-state index contributed by atoms with van der Waals surface area (Å²) in [5, 5.41) is 6.33. The second kappa shape index (κ2) is 10.8. The number of aromatic nitrogens is 3. The molecule has 2 aromatic heterocycles. The largest absolute Gasteiger partial charge is 0.418 e. The Bertz CT molecular complexity index is 1580. The van der Waals surface area contributed by atoms with Gasteiger partial charge in [-0.25, -0.2) is 23.4 Å². The van der Waals surface area contributed by atoms with Gasteiger partial charge < -0.3 is 5.32 Å². The molecule has 39 heavy (non-hydrogen) atoms. The first-order chi connectivity index (χ1) is 18.5. The van der Waals surface area contributed by atoms with E-state index < -0.39 is 21.8 Å². The number of hydrogen-bond acceptors (Lipinski definition) is 8. The Labute approximate surface area is 228 Å². The molecule has 5 rings (SSSR count). The van der Waals surface area contributed by atoms with Crippen molar-refractivity contribution in [1.29, 1.82) is 0 Å². The van der Waals surface area contributed by atoms with Crippen LogP contribution in [0.15, 0.2) is 59.1 Å². The van der Waals surface area contributed by atoms with Gasteiger partial charge in [-0.2, -0.15) is 17.5 Å². The number of sulfonamides is 1. The second-order valence-corrected chi connectivity index (χ2v) is 12.5. The Morgan fingerprint density at radius 1 is 1.08 bits per heavy atom. The normalized spacial score (nSPS) is 16.4. The summed E-state index contributed by atoms with van der Waals surface area (Å²) in [5.74, 6) is 0.329. The van der Waals surface area contributed by atoms with E-state index in [1.54, 1.807) is 24.3 Å². The molecule has 1 N–H and O–H groups in total. The molecule has 1 fully saturated rings. The number of fused-ring (bicyclic) bond motifs is 1. The Kier molecular flexibility index (Phi) is 7.60. The summed E-state index contributed by atoms with van der Waals surface area (Å²) in [6.45, 7) is 6.11. The van der Waals surface area contributed by atoms with Crippen LogP contribution in [0.1, 0.15) is 17.5 Å². The molecular formula is C26H27F3N6O2S2. The van der Waals surface area contributed by atoms with Gasteiger partial charge in [-0.15, -0.1) is 11.3 Å². The Hall–Kier alpha value is -3.13. The summed E-state index contributed by atoms with van der Waals surface area (Å²) in [4.78, 5) is 14.9. The molecule has 0 radical (unpaired) electrons. The van der Waals surface area contributed by atoms with Crippen molar-refractivity contribution in [2.24, 2.45) is 0 Å². The summed E-state index contributed by atoms with van der Waals surface area (Å²) in [6, 6.07) is 10.6. The number of alkyl halides is 3. The summed E-state index contributed by atoms with van der Waals surface area (Å²) < 4.78 is 68.4. The summed E-state index contributed by atoms with van der Waals surface area (Å²) in [6.07, 6.45) is -3.39. The van der Waals surface area contributed by atoms with E-state index in [2.05, 4.69) is 25.2 Å². The minimum absolute atomic E-state index is 0.150. The van der Waals surface area contributed by atoms with Gasteiger partial charge in [-0.05, 0) is 38.1 Å². The van der Waals surface area contributed by atoms with Crippen LogP contribution in [-0.4, -0.2) is 71.3 Å². The van der Waals surface area contributed by atoms with Gasteiger partial charge >= 0.3 is 6.18 Å². The Morgan fingerprint density at radius 3 is 2.51 bits per heavy atom. The topological polar surface area (TPSA) is 91.3 Å². The number of para-hydroxylation sites is 1. The van der Waals surface area contributed by atoms with Crippen LogP contribution >= 0.6 is 11.3 Å². The number of halogens is 3. The Morgan fingerprint density at radius 2 is 1.82 bits per heavy atom. The summed E-state index contributed by atoms with van der Waals surface area (Å²) in [5.41, 5.74) is 0.565. The van der Waals surface area contributed by atoms with Crippen LogP contribution in [0.2, 0.25) is 0 Å². The van der Waals surface area contributed by atoms with Gasteiger partial charge in [0.05, 0.1) is 26.7 Å². The predicted octanol–water partition coefficient (Wildman–Crippen LogP) is 4.89. The van der Waals surface area contributed by atoms with Crippen molar-refractivity contribution in [3.63, 3.8) is 0 Å². The third kappa shape index (κ3) is 5.91. The molecular weight excluding hydrogens is 549 g/mol. The molecule has 1 aliphatic rings. The number of piperazine rings is 1. The lowest BCUT2D eigenvalue weighted by atomic mass is 10.1. The molecule has 0 aliphatic carbocycles. The van der Waals surface area contributed by atoms with Gasteiger partial charge in [-0.1, -0.05) is 18.2 Å². The molecule has 206 valence electrons. The van der Waals surface area contributed by atoms with E-state index in [-0.39, 0.29) is 16.5 Å². The number of nitrogens with one attached hydrogen (secondary N) is 1. The molecule has 1 aliphatic heterocycles. The number of thiazole rings is 1. The molecule has 8 nitrogen and oxygen atoms in total. The molecule has 3 heterocycles. The van der Waals surface area contributed by atoms with Crippen LogP contribution in [0.5, 0.6) is 0 Å². The average molecular weight is 577 g/mol. The number of aryl methyl sites for hydroxylation is 1. The van der Waals surface area contributed by atoms with Crippen LogP contribution in [0.4, 0.5) is 19.0 Å². The molecule has 2 aromatic carbocycles. The highest BCUT2D eigenvalue weighted by Gasteiger charge is 2.34. The molecule has 1 saturated heterocycles. The quantitative estimate of drug-likeness (QED) is 0.335. The smallest absolute Gasteiger partial charge is 0.366 e. The van der Waals surface area contributed by atoms with E-state index in [4.69, 9.17) is 0 Å². The van der Waals surface area contributed by atoms with Gasteiger partial charge in [-0.3, -0.25) is 4.90 Å². The minimum atomic E-state index is -4.52. The van der Waals surface area contributed by atoms with E-state index in [1.807, 2.05) is 25.3 Å². The van der Waals surface area contributed by atoms with Crippen molar-refractivity contribution in [2.75, 3.05) is 38.0 Å². The maximum atomic E-state index is 13.4. The molecule has 13 heteroatoms. The van der Waals surface area contributed by atoms with E-state index in [9.17, 15) is 21.6 Å². The lowest BCUT2D eigenvalue weighted by Crippen LogP contribution is -2.50. The SMILES string of the molecule is Cc1nc(-c2cccc(S(=O)(=O)N3CCN(C[C@H](C)Nc4ncnc5c(C(F)(F)F)cccc45)CC3)c2)cs1. The second-order valence-electron chi connectivity index (χ2n) is 9.45. The van der Waals surface area contributed by atoms with Gasteiger partial charge in [0.25, 0.3) is 0 Å². The van der Waals surface area contributed by atoms with Gasteiger partial charge in [0.2, 0.25) is 10.0 Å². The lowest BCUT2D eigenvalue weighted by molar-refractivity contribution is -0.136. The van der Waals surface area contributed by atoms with Crippen molar-refractivity contribution in [2.45, 2.75) is 31.0 Å². The molecule has 0 spiro atoms. The van der Waals surface area contributed by atoms with E-state index in [0.717, 1.165) is 28.7 Å². The van der Waals surface area contributed by atoms with Crippen molar-refractivity contribution in [3.8, 4) is 11.3 Å². The lowest BCUT2D eigenvalue weighted by Gasteiger charge is -2.35. The monoisotopic (exact) mass is 576 g/mol. The van der Waals surface area contributed by atoms with E-state index in [0.29, 0.717) is 43.9 Å². The van der Waals surface area contributed by atoms with Crippen LogP contribution < -0.4 is 5.32 Å². The zero-order valence-electron chi connectivity index (χ0n) is 21.3. The maximum absolute atomic E-state index is 13.4. The summed E-state index contributed by atoms with van der Waals surface area (Å²) >= 11 is 1.51. The van der Waals surface area contributed by atoms with Gasteiger partial charge in [0, 0.05) is 55.1 Å². The third-order valence-corrected chi connectivity index (χ3v) is 9.27.